The van der Waals surface area contributed by atoms with E-state index in [0.717, 1.165) is 18.9 Å². The monoisotopic (exact) mass is 315 g/mol. The number of Topliss-reactive ketones (excluding diaryl/α,β-unsaturated/α-hetero) is 1. The second-order valence-electron chi connectivity index (χ2n) is 5.19. The molecule has 1 fully saturated rings. The standard InChI is InChI=1S/C16H17N3O2S/c1-12(20)13-5-6-14(22-13)16(21)19-10-8-18(9-11-19)15-4-2-3-7-17-15/h2-7H,8-11H2,1H3. The molecule has 3 heterocycles. The SMILES string of the molecule is CC(=O)c1ccc(C(=O)N2CCN(c3ccccn3)CC2)s1. The quantitative estimate of drug-likeness (QED) is 0.816. The van der Waals surface area contributed by atoms with E-state index in [1.54, 1.807) is 18.3 Å². The number of thiophene rings is 1. The number of nitrogens with zero attached hydrogens (tertiary/aromatic N) is 3. The molecule has 22 heavy (non-hydrogen) atoms. The molecule has 6 heteroatoms. The largest absolute Gasteiger partial charge is 0.353 e. The zero-order valence-corrected chi connectivity index (χ0v) is 13.2. The van der Waals surface area contributed by atoms with E-state index in [4.69, 9.17) is 0 Å². The van der Waals surface area contributed by atoms with Gasteiger partial charge in [-0.25, -0.2) is 4.98 Å². The molecule has 0 N–H and O–H groups in total. The highest BCUT2D eigenvalue weighted by Crippen LogP contribution is 2.20. The third-order valence-electron chi connectivity index (χ3n) is 3.70. The van der Waals surface area contributed by atoms with Gasteiger partial charge in [0, 0.05) is 32.4 Å². The normalized spacial score (nSPS) is 15.0. The number of amides is 1. The Morgan fingerprint density at radius 1 is 1.05 bits per heavy atom. The summed E-state index contributed by atoms with van der Waals surface area (Å²) in [6.07, 6.45) is 1.78. The van der Waals surface area contributed by atoms with Crippen LogP contribution in [0, 0.1) is 0 Å². The van der Waals surface area contributed by atoms with Gasteiger partial charge in [0.25, 0.3) is 5.91 Å². The third-order valence-corrected chi connectivity index (χ3v) is 4.88. The van der Waals surface area contributed by atoms with Crippen LogP contribution >= 0.6 is 11.3 Å². The van der Waals surface area contributed by atoms with Crippen LogP contribution in [-0.4, -0.2) is 47.8 Å². The van der Waals surface area contributed by atoms with E-state index in [1.807, 2.05) is 23.1 Å². The first-order valence-electron chi connectivity index (χ1n) is 7.21. The number of carbonyl (C=O) groups excluding carboxylic acids is 2. The van der Waals surface area contributed by atoms with Crippen molar-refractivity contribution >= 4 is 28.8 Å². The Morgan fingerprint density at radius 2 is 1.77 bits per heavy atom. The van der Waals surface area contributed by atoms with Crippen molar-refractivity contribution in [2.75, 3.05) is 31.1 Å². The summed E-state index contributed by atoms with van der Waals surface area (Å²) in [7, 11) is 0. The molecular weight excluding hydrogens is 298 g/mol. The summed E-state index contributed by atoms with van der Waals surface area (Å²) in [5, 5.41) is 0. The molecule has 0 radical (unpaired) electrons. The van der Waals surface area contributed by atoms with E-state index >= 15 is 0 Å². The molecule has 5 nitrogen and oxygen atoms in total. The molecule has 0 unspecified atom stereocenters. The number of hydrogen-bond acceptors (Lipinski definition) is 5. The lowest BCUT2D eigenvalue weighted by atomic mass is 10.2. The van der Waals surface area contributed by atoms with E-state index in [0.29, 0.717) is 22.8 Å². The first kappa shape index (κ1) is 14.7. The Morgan fingerprint density at radius 3 is 2.36 bits per heavy atom. The fraction of sp³-hybridized carbons (Fsp3) is 0.312. The number of piperazine rings is 1. The van der Waals surface area contributed by atoms with Crippen LogP contribution in [0.5, 0.6) is 0 Å². The Balaban J connectivity index is 1.63. The summed E-state index contributed by atoms with van der Waals surface area (Å²) in [4.78, 5) is 33.4. The predicted octanol–water partition coefficient (Wildman–Crippen LogP) is 2.31. The first-order valence-corrected chi connectivity index (χ1v) is 8.03. The van der Waals surface area contributed by atoms with Crippen molar-refractivity contribution in [2.45, 2.75) is 6.92 Å². The summed E-state index contributed by atoms with van der Waals surface area (Å²) in [5.74, 6) is 0.965. The summed E-state index contributed by atoms with van der Waals surface area (Å²) >= 11 is 1.27. The highest BCUT2D eigenvalue weighted by molar-refractivity contribution is 7.15. The van der Waals surface area contributed by atoms with Gasteiger partial charge >= 0.3 is 0 Å². The van der Waals surface area contributed by atoms with Crippen molar-refractivity contribution in [3.8, 4) is 0 Å². The van der Waals surface area contributed by atoms with E-state index in [2.05, 4.69) is 9.88 Å². The van der Waals surface area contributed by atoms with Crippen LogP contribution in [0.25, 0.3) is 0 Å². The summed E-state index contributed by atoms with van der Waals surface area (Å²) in [5.41, 5.74) is 0. The third kappa shape index (κ3) is 3.01. The lowest BCUT2D eigenvalue weighted by Crippen LogP contribution is -2.48. The number of hydrogen-bond donors (Lipinski definition) is 0. The van der Waals surface area contributed by atoms with E-state index in [9.17, 15) is 9.59 Å². The molecule has 1 saturated heterocycles. The van der Waals surface area contributed by atoms with Gasteiger partial charge in [-0.1, -0.05) is 6.07 Å². The Bertz CT molecular complexity index is 676. The number of aromatic nitrogens is 1. The lowest BCUT2D eigenvalue weighted by Gasteiger charge is -2.35. The lowest BCUT2D eigenvalue weighted by molar-refractivity contribution is 0.0751. The molecule has 1 aliphatic heterocycles. The van der Waals surface area contributed by atoms with Gasteiger partial charge < -0.3 is 9.80 Å². The van der Waals surface area contributed by atoms with Crippen LogP contribution in [0.4, 0.5) is 5.82 Å². The number of pyridine rings is 1. The van der Waals surface area contributed by atoms with Crippen molar-refractivity contribution < 1.29 is 9.59 Å². The van der Waals surface area contributed by atoms with Crippen molar-refractivity contribution in [3.63, 3.8) is 0 Å². The van der Waals surface area contributed by atoms with E-state index in [1.165, 1.54) is 18.3 Å². The molecule has 0 spiro atoms. The van der Waals surface area contributed by atoms with Crippen LogP contribution in [0.3, 0.4) is 0 Å². The average molecular weight is 315 g/mol. The average Bonchev–Trinajstić information content (AvgIpc) is 3.05. The maximum atomic E-state index is 12.5. The minimum Gasteiger partial charge on any atom is -0.353 e. The zero-order valence-electron chi connectivity index (χ0n) is 12.4. The van der Waals surface area contributed by atoms with Gasteiger partial charge in [-0.2, -0.15) is 0 Å². The first-order chi connectivity index (χ1) is 10.6. The Hall–Kier alpha value is -2.21. The van der Waals surface area contributed by atoms with Gasteiger partial charge in [0.15, 0.2) is 5.78 Å². The number of ketones is 1. The van der Waals surface area contributed by atoms with Gasteiger partial charge in [-0.05, 0) is 31.2 Å². The number of carbonyl (C=O) groups is 2. The predicted molar refractivity (Wildman–Crippen MR) is 86.7 cm³/mol. The second kappa shape index (κ2) is 6.27. The van der Waals surface area contributed by atoms with Crippen molar-refractivity contribution in [3.05, 3.63) is 46.3 Å². The van der Waals surface area contributed by atoms with Crippen molar-refractivity contribution in [1.29, 1.82) is 0 Å². The van der Waals surface area contributed by atoms with Crippen LogP contribution in [0.2, 0.25) is 0 Å². The molecule has 2 aromatic heterocycles. The summed E-state index contributed by atoms with van der Waals surface area (Å²) < 4.78 is 0. The van der Waals surface area contributed by atoms with E-state index < -0.39 is 0 Å². The molecule has 1 amide bonds. The van der Waals surface area contributed by atoms with Gasteiger partial charge in [-0.3, -0.25) is 9.59 Å². The highest BCUT2D eigenvalue weighted by atomic mass is 32.1. The van der Waals surface area contributed by atoms with E-state index in [-0.39, 0.29) is 11.7 Å². The smallest absolute Gasteiger partial charge is 0.264 e. The molecule has 0 aliphatic carbocycles. The fourth-order valence-corrected chi connectivity index (χ4v) is 3.35. The molecule has 3 rings (SSSR count). The van der Waals surface area contributed by atoms with Crippen LogP contribution < -0.4 is 4.90 Å². The molecule has 2 aromatic rings. The molecule has 0 atom stereocenters. The topological polar surface area (TPSA) is 53.5 Å². The highest BCUT2D eigenvalue weighted by Gasteiger charge is 2.24. The fourth-order valence-electron chi connectivity index (χ4n) is 2.48. The van der Waals surface area contributed by atoms with Crippen LogP contribution in [0.1, 0.15) is 26.3 Å². The molecule has 1 aliphatic rings. The minimum absolute atomic E-state index is 0.00372. The van der Waals surface area contributed by atoms with Gasteiger partial charge in [0.2, 0.25) is 0 Å². The van der Waals surface area contributed by atoms with Gasteiger partial charge in [-0.15, -0.1) is 11.3 Å². The van der Waals surface area contributed by atoms with Crippen LogP contribution in [0.15, 0.2) is 36.5 Å². The number of anilines is 1. The molecule has 0 saturated carbocycles. The summed E-state index contributed by atoms with van der Waals surface area (Å²) in [6, 6.07) is 9.32. The molecular formula is C16H17N3O2S. The van der Waals surface area contributed by atoms with Crippen molar-refractivity contribution in [2.24, 2.45) is 0 Å². The minimum atomic E-state index is 0.00372. The summed E-state index contributed by atoms with van der Waals surface area (Å²) in [6.45, 7) is 4.40. The van der Waals surface area contributed by atoms with Crippen LogP contribution in [-0.2, 0) is 0 Å². The second-order valence-corrected chi connectivity index (χ2v) is 6.27. The molecule has 114 valence electrons. The Labute approximate surface area is 133 Å². The maximum absolute atomic E-state index is 12.5. The zero-order chi connectivity index (χ0) is 15.5. The number of rotatable bonds is 3. The van der Waals surface area contributed by atoms with Crippen molar-refractivity contribution in [1.82, 2.24) is 9.88 Å². The molecule has 0 bridgehead atoms. The van der Waals surface area contributed by atoms with Gasteiger partial charge in [0.1, 0.15) is 5.82 Å². The molecule has 0 aromatic carbocycles. The Kier molecular flexibility index (Phi) is 4.20. The maximum Gasteiger partial charge on any atom is 0.264 e. The van der Waals surface area contributed by atoms with Gasteiger partial charge in [0.05, 0.1) is 9.75 Å².